The van der Waals surface area contributed by atoms with Gasteiger partial charge in [0.15, 0.2) is 0 Å². The Labute approximate surface area is 153 Å². The summed E-state index contributed by atoms with van der Waals surface area (Å²) in [4.78, 5) is 30.4. The van der Waals surface area contributed by atoms with Gasteiger partial charge in [-0.25, -0.2) is 18.6 Å². The summed E-state index contributed by atoms with van der Waals surface area (Å²) >= 11 is 1.46. The summed E-state index contributed by atoms with van der Waals surface area (Å²) in [5, 5.41) is 12.0. The van der Waals surface area contributed by atoms with E-state index in [1.165, 1.54) is 24.3 Å². The minimum atomic E-state index is -2.85. The Morgan fingerprint density at radius 3 is 2.65 bits per heavy atom. The summed E-state index contributed by atoms with van der Waals surface area (Å²) in [5.74, 6) is -1.77. The molecule has 138 valence electrons. The molecule has 1 aliphatic rings. The molecule has 0 bridgehead atoms. The van der Waals surface area contributed by atoms with Gasteiger partial charge in [0.1, 0.15) is 5.01 Å². The smallest absolute Gasteiger partial charge is 0.335 e. The van der Waals surface area contributed by atoms with E-state index in [1.807, 2.05) is 12.3 Å². The Balaban J connectivity index is 2.00. The van der Waals surface area contributed by atoms with Crippen LogP contribution in [0.1, 0.15) is 67.9 Å². The van der Waals surface area contributed by atoms with E-state index in [0.29, 0.717) is 6.54 Å². The lowest BCUT2D eigenvalue weighted by molar-refractivity contribution is 0.0695. The van der Waals surface area contributed by atoms with Gasteiger partial charge in [0, 0.05) is 28.7 Å². The predicted molar refractivity (Wildman–Crippen MR) is 93.0 cm³/mol. The van der Waals surface area contributed by atoms with Crippen LogP contribution < -0.4 is 0 Å². The predicted octanol–water partition coefficient (Wildman–Crippen LogP) is 4.37. The number of carbonyl (C=O) groups excluding carboxylic acids is 1. The van der Waals surface area contributed by atoms with Crippen LogP contribution in [-0.4, -0.2) is 33.4 Å². The maximum Gasteiger partial charge on any atom is 0.335 e. The van der Waals surface area contributed by atoms with Crippen LogP contribution in [-0.2, 0) is 0 Å². The monoisotopic (exact) mass is 380 g/mol. The van der Waals surface area contributed by atoms with E-state index in [4.69, 9.17) is 0 Å². The van der Waals surface area contributed by atoms with Gasteiger partial charge < -0.3 is 10.0 Å². The molecule has 2 aromatic rings. The molecule has 3 rings (SSSR count). The van der Waals surface area contributed by atoms with Gasteiger partial charge in [-0.2, -0.15) is 0 Å². The molecule has 8 heteroatoms. The van der Waals surface area contributed by atoms with Crippen LogP contribution in [0.4, 0.5) is 8.78 Å². The van der Waals surface area contributed by atoms with Crippen LogP contribution >= 0.6 is 11.3 Å². The number of thiazole rings is 1. The third kappa shape index (κ3) is 3.33. The molecule has 1 amide bonds. The molecule has 1 aromatic carbocycles. The summed E-state index contributed by atoms with van der Waals surface area (Å²) < 4.78 is 26.6. The standard InChI is InChI=1S/C18H18F2N2O3S/c1-9-8-26-16(21-9)14-4-3-5-22(14)17(23)11-6-12(15(19)20)10(2)13(7-11)18(24)25/h6-8,14-15H,3-5H2,1-2H3,(H,24,25)/t14-/m1/s1. The van der Waals surface area contributed by atoms with E-state index >= 15 is 0 Å². The molecule has 1 aliphatic heterocycles. The number of hydrogen-bond donors (Lipinski definition) is 1. The number of halogens is 2. The number of nitrogens with zero attached hydrogens (tertiary/aromatic N) is 2. The van der Waals surface area contributed by atoms with Crippen molar-refractivity contribution in [3.63, 3.8) is 0 Å². The van der Waals surface area contributed by atoms with Crippen molar-refractivity contribution < 1.29 is 23.5 Å². The highest BCUT2D eigenvalue weighted by Gasteiger charge is 2.33. The quantitative estimate of drug-likeness (QED) is 0.855. The first-order valence-corrected chi connectivity index (χ1v) is 9.06. The van der Waals surface area contributed by atoms with Crippen molar-refractivity contribution in [1.29, 1.82) is 0 Å². The van der Waals surface area contributed by atoms with Crippen molar-refractivity contribution in [1.82, 2.24) is 9.88 Å². The maximum absolute atomic E-state index is 13.3. The van der Waals surface area contributed by atoms with Gasteiger partial charge in [0.05, 0.1) is 11.6 Å². The van der Waals surface area contributed by atoms with Crippen molar-refractivity contribution in [2.24, 2.45) is 0 Å². The maximum atomic E-state index is 13.3. The zero-order valence-electron chi connectivity index (χ0n) is 14.3. The number of aromatic carboxylic acids is 1. The van der Waals surface area contributed by atoms with E-state index in [-0.39, 0.29) is 22.7 Å². The van der Waals surface area contributed by atoms with Gasteiger partial charge in [0.2, 0.25) is 0 Å². The Hall–Kier alpha value is -2.35. The zero-order chi connectivity index (χ0) is 19.0. The molecule has 1 N–H and O–H groups in total. The zero-order valence-corrected chi connectivity index (χ0v) is 15.1. The topological polar surface area (TPSA) is 70.5 Å². The third-order valence-electron chi connectivity index (χ3n) is 4.60. The molecule has 1 saturated heterocycles. The lowest BCUT2D eigenvalue weighted by Gasteiger charge is -2.24. The molecule has 1 aromatic heterocycles. The second-order valence-electron chi connectivity index (χ2n) is 6.33. The van der Waals surface area contributed by atoms with Crippen molar-refractivity contribution >= 4 is 23.2 Å². The number of likely N-dealkylation sites (tertiary alicyclic amines) is 1. The molecule has 0 saturated carbocycles. The second-order valence-corrected chi connectivity index (χ2v) is 7.22. The average Bonchev–Trinajstić information content (AvgIpc) is 3.22. The van der Waals surface area contributed by atoms with Crippen molar-refractivity contribution in [2.75, 3.05) is 6.54 Å². The Morgan fingerprint density at radius 1 is 1.35 bits per heavy atom. The van der Waals surface area contributed by atoms with Gasteiger partial charge in [-0.3, -0.25) is 4.79 Å². The number of rotatable bonds is 4. The molecule has 0 aliphatic carbocycles. The summed E-state index contributed by atoms with van der Waals surface area (Å²) in [6.45, 7) is 3.69. The highest BCUT2D eigenvalue weighted by Crippen LogP contribution is 2.35. The number of aromatic nitrogens is 1. The number of alkyl halides is 2. The molecular formula is C18H18F2N2O3S. The van der Waals surface area contributed by atoms with Gasteiger partial charge in [-0.05, 0) is 44.4 Å². The first kappa shape index (κ1) is 18.4. The summed E-state index contributed by atoms with van der Waals surface area (Å²) in [7, 11) is 0. The number of carbonyl (C=O) groups is 2. The fraction of sp³-hybridized carbons (Fsp3) is 0.389. The molecule has 1 atom stereocenters. The number of carboxylic acids is 1. The lowest BCUT2D eigenvalue weighted by atomic mass is 9.98. The fourth-order valence-electron chi connectivity index (χ4n) is 3.27. The van der Waals surface area contributed by atoms with Crippen LogP contribution in [0.2, 0.25) is 0 Å². The fourth-order valence-corrected chi connectivity index (χ4v) is 4.21. The van der Waals surface area contributed by atoms with Gasteiger partial charge in [0.25, 0.3) is 12.3 Å². The second kappa shape index (κ2) is 7.11. The van der Waals surface area contributed by atoms with Gasteiger partial charge in [-0.1, -0.05) is 0 Å². The molecule has 1 fully saturated rings. The molecule has 5 nitrogen and oxygen atoms in total. The van der Waals surface area contributed by atoms with Crippen molar-refractivity contribution in [3.8, 4) is 0 Å². The normalized spacial score (nSPS) is 17.1. The molecule has 0 radical (unpaired) electrons. The van der Waals surface area contributed by atoms with Crippen molar-refractivity contribution in [3.05, 3.63) is 50.5 Å². The summed E-state index contributed by atoms with van der Waals surface area (Å²) in [6, 6.07) is 2.09. The molecular weight excluding hydrogens is 362 g/mol. The lowest BCUT2D eigenvalue weighted by Crippen LogP contribution is -2.31. The van der Waals surface area contributed by atoms with Gasteiger partial charge >= 0.3 is 5.97 Å². The van der Waals surface area contributed by atoms with E-state index in [0.717, 1.165) is 29.6 Å². The number of aryl methyl sites for hydroxylation is 1. The first-order chi connectivity index (χ1) is 12.3. The van der Waals surface area contributed by atoms with E-state index in [1.54, 1.807) is 4.90 Å². The first-order valence-electron chi connectivity index (χ1n) is 8.18. The van der Waals surface area contributed by atoms with Crippen LogP contribution in [0.15, 0.2) is 17.5 Å². The van der Waals surface area contributed by atoms with E-state index in [2.05, 4.69) is 4.98 Å². The Kier molecular flexibility index (Phi) is 5.04. The van der Waals surface area contributed by atoms with Crippen molar-refractivity contribution in [2.45, 2.75) is 39.2 Å². The van der Waals surface area contributed by atoms with E-state index < -0.39 is 23.9 Å². The molecule has 0 spiro atoms. The minimum Gasteiger partial charge on any atom is -0.478 e. The minimum absolute atomic E-state index is 0.0161. The highest BCUT2D eigenvalue weighted by molar-refractivity contribution is 7.09. The molecule has 2 heterocycles. The number of benzene rings is 1. The van der Waals surface area contributed by atoms with Crippen LogP contribution in [0.3, 0.4) is 0 Å². The van der Waals surface area contributed by atoms with Crippen LogP contribution in [0.5, 0.6) is 0 Å². The Bertz CT molecular complexity index is 866. The highest BCUT2D eigenvalue weighted by atomic mass is 32.1. The summed E-state index contributed by atoms with van der Waals surface area (Å²) in [5.41, 5.74) is 0.134. The largest absolute Gasteiger partial charge is 0.478 e. The molecule has 0 unspecified atom stereocenters. The van der Waals surface area contributed by atoms with Crippen LogP contribution in [0.25, 0.3) is 0 Å². The Morgan fingerprint density at radius 2 is 2.08 bits per heavy atom. The average molecular weight is 380 g/mol. The van der Waals surface area contributed by atoms with Gasteiger partial charge in [-0.15, -0.1) is 11.3 Å². The van der Waals surface area contributed by atoms with Crippen LogP contribution in [0, 0.1) is 13.8 Å². The number of hydrogen-bond acceptors (Lipinski definition) is 4. The number of carboxylic acid groups (broad SMARTS) is 1. The number of amides is 1. The SMILES string of the molecule is Cc1csc([C@H]2CCCN2C(=O)c2cc(C(=O)O)c(C)c(C(F)F)c2)n1. The molecule has 26 heavy (non-hydrogen) atoms. The third-order valence-corrected chi connectivity index (χ3v) is 5.66. The summed E-state index contributed by atoms with van der Waals surface area (Å²) in [6.07, 6.45) is -1.32. The van der Waals surface area contributed by atoms with E-state index in [9.17, 15) is 23.5 Å².